The summed E-state index contributed by atoms with van der Waals surface area (Å²) in [5.74, 6) is 0. The lowest BCUT2D eigenvalue weighted by Crippen LogP contribution is -2.14. The van der Waals surface area contributed by atoms with E-state index in [1.54, 1.807) is 66.3 Å². The van der Waals surface area contributed by atoms with E-state index < -0.39 is 9.85 Å². The van der Waals surface area contributed by atoms with Gasteiger partial charge in [0.1, 0.15) is 23.1 Å². The molecular formula is C62H57ClIN17O6. The SMILES string of the molecule is C.CC#N.CO.Nc1ccc2ncccc2c1.Nc1cnccc1Nc1ccc2ncccc2c1.O=[N+]([O-])c1cnccc1Cl.O=[N+]([O-])c1cnccc1Nc1ccc2ncccc2c1.O=c1[nH]c2cnccc2n1-c1ccc2ncccc2c1.[2H]CI. The summed E-state index contributed by atoms with van der Waals surface area (Å²) in [6.07, 6.45) is 19.0. The van der Waals surface area contributed by atoms with Gasteiger partial charge in [0.05, 0.1) is 78.5 Å². The highest BCUT2D eigenvalue weighted by atomic mass is 127. The van der Waals surface area contributed by atoms with Crippen LogP contribution in [-0.4, -0.2) is 76.4 Å². The molecule has 23 nitrogen and oxygen atoms in total. The quantitative estimate of drug-likeness (QED) is 0.0284. The maximum atomic E-state index is 12.1. The number of imidazole rings is 1. The second-order valence-electron chi connectivity index (χ2n) is 17.0. The molecule has 0 unspecified atom stereocenters. The standard InChI is InChI=1S/C15H10N4O.C14H10N4O2.C14H12N4.C9H8N2.C5H3ClN2O2.C2H3N.CH3I.CH4O.CH4/c20-15-18-13-9-16-7-5-14(13)19(15)11-3-4-12-10(8-11)2-1-6-17-12;19-18(20)14-9-15-7-5-13(14)17-11-3-4-12-10(8-11)2-1-6-16-12;15-12-9-16-7-5-14(12)18-11-3-4-13-10(8-11)2-1-6-17-13;10-8-3-4-9-7(6-8)2-1-5-11-9;6-4-1-2-7-3-5(4)8(9)10;1-2-3;2*1-2;/h1-9H,(H,18,20);1-9H,(H,15,17);1-9H,15H2,(H,16,18);1-6H,10H2;1-3H;1H3;1H3;2H,1H3;1H4/i;;;;;;1D;;. The van der Waals surface area contributed by atoms with Crippen LogP contribution in [0, 0.1) is 31.6 Å². The molecule has 0 radical (unpaired) electrons. The Morgan fingerprint density at radius 1 is 0.609 bits per heavy atom. The van der Waals surface area contributed by atoms with Crippen molar-refractivity contribution in [3.8, 4) is 11.8 Å². The van der Waals surface area contributed by atoms with Crippen molar-refractivity contribution in [3.63, 3.8) is 0 Å². The molecule has 0 bridgehead atoms. The molecule has 0 atom stereocenters. The molecule has 0 aliphatic heterocycles. The molecule has 0 fully saturated rings. The molecule has 0 spiro atoms. The van der Waals surface area contributed by atoms with Crippen molar-refractivity contribution in [2.75, 3.05) is 34.1 Å². The number of hydrogen-bond acceptors (Lipinski definition) is 19. The first kappa shape index (κ1) is 65.0. The number of benzene rings is 4. The molecule has 0 saturated heterocycles. The number of aliphatic hydroxyl groups excluding tert-OH is 1. The van der Waals surface area contributed by atoms with Gasteiger partial charge in [-0.1, -0.05) is 65.9 Å². The van der Waals surface area contributed by atoms with Gasteiger partial charge in [-0.3, -0.25) is 64.7 Å². The van der Waals surface area contributed by atoms with Crippen LogP contribution in [0.25, 0.3) is 60.3 Å². The third-order valence-corrected chi connectivity index (χ3v) is 11.8. The lowest BCUT2D eigenvalue weighted by molar-refractivity contribution is -0.385. The van der Waals surface area contributed by atoms with Gasteiger partial charge in [0.2, 0.25) is 0 Å². The van der Waals surface area contributed by atoms with Gasteiger partial charge in [-0.25, -0.2) is 4.79 Å². The van der Waals surface area contributed by atoms with Gasteiger partial charge in [-0.2, -0.15) is 5.26 Å². The largest absolute Gasteiger partial charge is 0.400 e. The number of hydrogen-bond donors (Lipinski definition) is 6. The third-order valence-electron chi connectivity index (χ3n) is 11.5. The average molecular weight is 1300 g/mol. The lowest BCUT2D eigenvalue weighted by Gasteiger charge is -2.09. The van der Waals surface area contributed by atoms with Crippen LogP contribution in [0.1, 0.15) is 15.7 Å². The van der Waals surface area contributed by atoms with Gasteiger partial charge >= 0.3 is 17.1 Å². The van der Waals surface area contributed by atoms with Gasteiger partial charge in [0.25, 0.3) is 0 Å². The molecule has 0 aliphatic rings. The van der Waals surface area contributed by atoms with E-state index in [0.29, 0.717) is 16.3 Å². The molecule has 13 rings (SSSR count). The first-order chi connectivity index (χ1) is 42.3. The van der Waals surface area contributed by atoms with Crippen molar-refractivity contribution in [1.82, 2.24) is 49.4 Å². The van der Waals surface area contributed by atoms with E-state index >= 15 is 0 Å². The van der Waals surface area contributed by atoms with Crippen LogP contribution in [0.3, 0.4) is 0 Å². The van der Waals surface area contributed by atoms with Gasteiger partial charge in [0.15, 0.2) is 0 Å². The normalized spacial score (nSPS) is 9.86. The minimum absolute atomic E-state index is 0. The summed E-state index contributed by atoms with van der Waals surface area (Å²) in [5.41, 5.74) is 21.6. The van der Waals surface area contributed by atoms with Gasteiger partial charge in [-0.15, -0.1) is 0 Å². The number of aliphatic hydroxyl groups is 1. The highest BCUT2D eigenvalue weighted by Crippen LogP contribution is 2.29. The molecule has 0 saturated carbocycles. The molecule has 13 aromatic rings. The van der Waals surface area contributed by atoms with Crippen molar-refractivity contribution < 1.29 is 16.3 Å². The van der Waals surface area contributed by atoms with Gasteiger partial charge < -0.3 is 32.2 Å². The second-order valence-corrected chi connectivity index (χ2v) is 17.4. The Morgan fingerprint density at radius 3 is 1.54 bits per heavy atom. The maximum absolute atomic E-state index is 12.1. The maximum Gasteiger partial charge on any atom is 0.331 e. The molecule has 8 N–H and O–H groups in total. The van der Waals surface area contributed by atoms with Crippen molar-refractivity contribution in [2.45, 2.75) is 14.4 Å². The average Bonchev–Trinajstić information content (AvgIpc) is 2.43. The number of alkyl halides is 1. The fourth-order valence-electron chi connectivity index (χ4n) is 7.79. The summed E-state index contributed by atoms with van der Waals surface area (Å²) in [6, 6.07) is 46.9. The number of nitrogens with zero attached hydrogens (tertiary/aromatic N) is 12. The smallest absolute Gasteiger partial charge is 0.331 e. The number of rotatable bonds is 7. The zero-order valence-corrected chi connectivity index (χ0v) is 48.7. The highest BCUT2D eigenvalue weighted by molar-refractivity contribution is 14.1. The number of aromatic nitrogens is 10. The predicted molar refractivity (Wildman–Crippen MR) is 355 cm³/mol. The van der Waals surface area contributed by atoms with E-state index in [9.17, 15) is 25.0 Å². The number of pyridine rings is 8. The van der Waals surface area contributed by atoms with Gasteiger partial charge in [0, 0.05) is 104 Å². The third kappa shape index (κ3) is 18.9. The Kier molecular flexibility index (Phi) is 25.8. The van der Waals surface area contributed by atoms with E-state index in [4.69, 9.17) is 34.8 Å². The monoisotopic (exact) mass is 1300 g/mol. The van der Waals surface area contributed by atoms with Crippen molar-refractivity contribution in [2.24, 2.45) is 0 Å². The molecule has 440 valence electrons. The fraction of sp³-hybridized carbons (Fsp3) is 0.0645. The Bertz CT molecular complexity index is 4500. The summed E-state index contributed by atoms with van der Waals surface area (Å²) >= 11 is 7.39. The number of nitrogens with two attached hydrogens (primary N) is 2. The molecule has 87 heavy (non-hydrogen) atoms. The Labute approximate surface area is 518 Å². The number of anilines is 6. The summed E-state index contributed by atoms with van der Waals surface area (Å²) in [5, 5.41) is 45.9. The minimum atomic E-state index is -0.574. The Balaban J connectivity index is 0.000000198. The number of H-pyrrole nitrogens is 1. The molecule has 0 aliphatic carbocycles. The number of nitriles is 1. The number of nitrogen functional groups attached to an aromatic ring is 2. The number of halogens is 2. The summed E-state index contributed by atoms with van der Waals surface area (Å²) < 4.78 is 7.84. The second kappa shape index (κ2) is 34.5. The Morgan fingerprint density at radius 2 is 1.03 bits per heavy atom. The van der Waals surface area contributed by atoms with E-state index in [1.165, 1.54) is 31.6 Å². The summed E-state index contributed by atoms with van der Waals surface area (Å²) in [7, 11) is 1.00. The van der Waals surface area contributed by atoms with Crippen LogP contribution in [0.2, 0.25) is 5.02 Å². The number of aromatic amines is 1. The zero-order valence-electron chi connectivity index (χ0n) is 46.8. The molecule has 9 heterocycles. The van der Waals surface area contributed by atoms with Crippen molar-refractivity contribution >= 4 is 134 Å². The highest BCUT2D eigenvalue weighted by Gasteiger charge is 2.14. The van der Waals surface area contributed by atoms with Crippen LogP contribution < -0.4 is 27.8 Å². The summed E-state index contributed by atoms with van der Waals surface area (Å²) in [4.78, 5) is 67.7. The predicted octanol–water partition coefficient (Wildman–Crippen LogP) is 13.8. The molecule has 9 aromatic heterocycles. The first-order valence-electron chi connectivity index (χ1n) is 25.9. The number of fused-ring (bicyclic) bond motifs is 5. The minimum Gasteiger partial charge on any atom is -0.400 e. The zero-order chi connectivity index (χ0) is 62.5. The lowest BCUT2D eigenvalue weighted by atomic mass is 10.2. The fourth-order valence-corrected chi connectivity index (χ4v) is 7.96. The summed E-state index contributed by atoms with van der Waals surface area (Å²) in [6.45, 7) is 1.43. The van der Waals surface area contributed by atoms with Crippen LogP contribution in [0.15, 0.2) is 225 Å². The van der Waals surface area contributed by atoms with E-state index in [1.807, 2.05) is 156 Å². The molecule has 4 aromatic carbocycles. The topological polar surface area (TPSA) is 347 Å². The van der Waals surface area contributed by atoms with Crippen LogP contribution in [-0.2, 0) is 0 Å². The van der Waals surface area contributed by atoms with E-state index in [-0.39, 0.29) is 29.5 Å². The first-order valence-corrected chi connectivity index (χ1v) is 27.1. The van der Waals surface area contributed by atoms with Crippen LogP contribution >= 0.6 is 34.2 Å². The molecule has 0 amide bonds. The van der Waals surface area contributed by atoms with Crippen LogP contribution in [0.4, 0.5) is 45.5 Å². The van der Waals surface area contributed by atoms with E-state index in [0.717, 1.165) is 96.4 Å². The molecule has 25 heteroatoms. The number of nitro groups is 2. The number of nitrogens with one attached hydrogen (secondary N) is 3. The van der Waals surface area contributed by atoms with Crippen molar-refractivity contribution in [1.29, 1.82) is 5.26 Å². The molecular weight excluding hydrogens is 1240 g/mol. The van der Waals surface area contributed by atoms with Crippen molar-refractivity contribution in [3.05, 3.63) is 256 Å². The van der Waals surface area contributed by atoms with Crippen LogP contribution in [0.5, 0.6) is 0 Å². The van der Waals surface area contributed by atoms with Gasteiger partial charge in [-0.05, 0) is 126 Å². The van der Waals surface area contributed by atoms with E-state index in [2.05, 4.69) is 55.5 Å². The Hall–Kier alpha value is -11.1.